The average molecular weight is 315 g/mol. The van der Waals surface area contributed by atoms with Gasteiger partial charge in [-0.3, -0.25) is 4.79 Å². The van der Waals surface area contributed by atoms with Gasteiger partial charge in [-0.05, 0) is 38.5 Å². The van der Waals surface area contributed by atoms with Crippen LogP contribution in [-0.2, 0) is 14.3 Å². The van der Waals surface area contributed by atoms with E-state index in [0.29, 0.717) is 49.1 Å². The molecule has 0 aliphatic heterocycles. The first-order chi connectivity index (χ1) is 10.0. The predicted octanol–water partition coefficient (Wildman–Crippen LogP) is 3.08. The van der Waals surface area contributed by atoms with E-state index in [0.717, 1.165) is 0 Å². The molecule has 1 rings (SSSR count). The van der Waals surface area contributed by atoms with Crippen molar-refractivity contribution in [2.45, 2.75) is 32.8 Å². The van der Waals surface area contributed by atoms with Crippen LogP contribution in [0.25, 0.3) is 0 Å². The summed E-state index contributed by atoms with van der Waals surface area (Å²) in [6, 6.07) is 4.98. The molecule has 0 bridgehead atoms. The SMILES string of the molecule is CCOCC(C)OCCCC(=O)Nc1cc(Cl)ccc1N. The highest BCUT2D eigenvalue weighted by atomic mass is 35.5. The Morgan fingerprint density at radius 2 is 2.24 bits per heavy atom. The lowest BCUT2D eigenvalue weighted by Gasteiger charge is -2.13. The summed E-state index contributed by atoms with van der Waals surface area (Å²) in [5, 5.41) is 3.28. The summed E-state index contributed by atoms with van der Waals surface area (Å²) >= 11 is 5.86. The predicted molar refractivity (Wildman–Crippen MR) is 85.6 cm³/mol. The highest BCUT2D eigenvalue weighted by Crippen LogP contribution is 2.23. The van der Waals surface area contributed by atoms with Gasteiger partial charge in [0.2, 0.25) is 5.91 Å². The van der Waals surface area contributed by atoms with Crippen LogP contribution in [0.15, 0.2) is 18.2 Å². The molecule has 0 aliphatic carbocycles. The normalized spacial score (nSPS) is 12.1. The zero-order valence-electron chi connectivity index (χ0n) is 12.5. The van der Waals surface area contributed by atoms with Gasteiger partial charge in [0.1, 0.15) is 0 Å². The van der Waals surface area contributed by atoms with Gasteiger partial charge in [-0.15, -0.1) is 0 Å². The maximum absolute atomic E-state index is 11.8. The zero-order chi connectivity index (χ0) is 15.7. The van der Waals surface area contributed by atoms with Crippen LogP contribution in [0, 0.1) is 0 Å². The number of nitrogen functional groups attached to an aromatic ring is 1. The summed E-state index contributed by atoms with van der Waals surface area (Å²) in [5.41, 5.74) is 6.80. The number of rotatable bonds is 9. The van der Waals surface area contributed by atoms with Crippen molar-refractivity contribution < 1.29 is 14.3 Å². The largest absolute Gasteiger partial charge is 0.397 e. The first kappa shape index (κ1) is 17.8. The van der Waals surface area contributed by atoms with E-state index < -0.39 is 0 Å². The van der Waals surface area contributed by atoms with Crippen molar-refractivity contribution in [3.63, 3.8) is 0 Å². The number of hydrogen-bond donors (Lipinski definition) is 2. The molecule has 0 radical (unpaired) electrons. The second kappa shape index (κ2) is 9.60. The fourth-order valence-electron chi connectivity index (χ4n) is 1.70. The molecule has 1 atom stereocenters. The summed E-state index contributed by atoms with van der Waals surface area (Å²) < 4.78 is 10.8. The first-order valence-corrected chi connectivity index (χ1v) is 7.45. The Morgan fingerprint density at radius 1 is 1.48 bits per heavy atom. The molecule has 1 aromatic rings. The standard InChI is InChI=1S/C15H23ClN2O3/c1-3-20-10-11(2)21-8-4-5-15(19)18-14-9-12(16)6-7-13(14)17/h6-7,9,11H,3-5,8,10,17H2,1-2H3,(H,18,19). The Kier molecular flexibility index (Phi) is 8.12. The van der Waals surface area contributed by atoms with Crippen molar-refractivity contribution >= 4 is 28.9 Å². The highest BCUT2D eigenvalue weighted by Gasteiger charge is 2.07. The third kappa shape index (κ3) is 7.32. The van der Waals surface area contributed by atoms with Crippen LogP contribution < -0.4 is 11.1 Å². The third-order valence-electron chi connectivity index (χ3n) is 2.80. The Morgan fingerprint density at radius 3 is 2.95 bits per heavy atom. The van der Waals surface area contributed by atoms with Crippen molar-refractivity contribution in [1.29, 1.82) is 0 Å². The number of amides is 1. The van der Waals surface area contributed by atoms with Gasteiger partial charge in [-0.2, -0.15) is 0 Å². The molecule has 6 heteroatoms. The number of ether oxygens (including phenoxy) is 2. The second-order valence-electron chi connectivity index (χ2n) is 4.72. The lowest BCUT2D eigenvalue weighted by molar-refractivity contribution is -0.116. The summed E-state index contributed by atoms with van der Waals surface area (Å²) in [6.07, 6.45) is 1.05. The Bertz CT molecular complexity index is 455. The molecule has 5 nitrogen and oxygen atoms in total. The first-order valence-electron chi connectivity index (χ1n) is 7.07. The van der Waals surface area contributed by atoms with Crippen molar-refractivity contribution in [3.8, 4) is 0 Å². The quantitative estimate of drug-likeness (QED) is 0.542. The van der Waals surface area contributed by atoms with Gasteiger partial charge in [-0.1, -0.05) is 11.6 Å². The smallest absolute Gasteiger partial charge is 0.224 e. The van der Waals surface area contributed by atoms with Crippen LogP contribution in [0.1, 0.15) is 26.7 Å². The summed E-state index contributed by atoms with van der Waals surface area (Å²) in [7, 11) is 0. The zero-order valence-corrected chi connectivity index (χ0v) is 13.3. The number of benzene rings is 1. The molecule has 118 valence electrons. The maximum atomic E-state index is 11.8. The van der Waals surface area contributed by atoms with Crippen molar-refractivity contribution in [1.82, 2.24) is 0 Å². The van der Waals surface area contributed by atoms with Crippen molar-refractivity contribution in [2.75, 3.05) is 30.9 Å². The van der Waals surface area contributed by atoms with E-state index in [1.54, 1.807) is 18.2 Å². The molecule has 0 fully saturated rings. The molecule has 0 aliphatic rings. The van der Waals surface area contributed by atoms with Gasteiger partial charge in [0.25, 0.3) is 0 Å². The van der Waals surface area contributed by atoms with E-state index >= 15 is 0 Å². The van der Waals surface area contributed by atoms with Crippen molar-refractivity contribution in [3.05, 3.63) is 23.2 Å². The van der Waals surface area contributed by atoms with Gasteiger partial charge >= 0.3 is 0 Å². The molecular formula is C15H23ClN2O3. The number of anilines is 2. The summed E-state index contributed by atoms with van der Waals surface area (Å²) in [4.78, 5) is 11.8. The molecule has 1 unspecified atom stereocenters. The number of halogens is 1. The monoisotopic (exact) mass is 314 g/mol. The molecule has 21 heavy (non-hydrogen) atoms. The van der Waals surface area contributed by atoms with Gasteiger partial charge in [0, 0.05) is 24.7 Å². The fourth-order valence-corrected chi connectivity index (χ4v) is 1.87. The molecule has 0 saturated heterocycles. The number of carbonyl (C=O) groups excluding carboxylic acids is 1. The molecule has 1 aromatic carbocycles. The molecule has 0 saturated carbocycles. The summed E-state index contributed by atoms with van der Waals surface area (Å²) in [6.45, 7) is 5.66. The van der Waals surface area contributed by atoms with Crippen LogP contribution in [0.2, 0.25) is 5.02 Å². The van der Waals surface area contributed by atoms with Gasteiger partial charge < -0.3 is 20.5 Å². The molecule has 1 amide bonds. The lowest BCUT2D eigenvalue weighted by atomic mass is 10.2. The van der Waals surface area contributed by atoms with Crippen LogP contribution >= 0.6 is 11.6 Å². The van der Waals surface area contributed by atoms with Crippen LogP contribution in [0.5, 0.6) is 0 Å². The number of nitrogens with one attached hydrogen (secondary N) is 1. The molecule has 0 spiro atoms. The van der Waals surface area contributed by atoms with E-state index in [4.69, 9.17) is 26.8 Å². The van der Waals surface area contributed by atoms with E-state index in [-0.39, 0.29) is 12.0 Å². The molecular weight excluding hydrogens is 292 g/mol. The summed E-state index contributed by atoms with van der Waals surface area (Å²) in [5.74, 6) is -0.106. The fraction of sp³-hybridized carbons (Fsp3) is 0.533. The molecule has 0 aromatic heterocycles. The third-order valence-corrected chi connectivity index (χ3v) is 3.03. The highest BCUT2D eigenvalue weighted by molar-refractivity contribution is 6.31. The minimum atomic E-state index is -0.106. The minimum absolute atomic E-state index is 0.0385. The Labute approximate surface area is 130 Å². The van der Waals surface area contributed by atoms with Crippen LogP contribution in [0.3, 0.4) is 0 Å². The topological polar surface area (TPSA) is 73.6 Å². The maximum Gasteiger partial charge on any atom is 0.224 e. The number of carbonyl (C=O) groups is 1. The molecule has 0 heterocycles. The molecule has 3 N–H and O–H groups in total. The number of nitrogens with two attached hydrogens (primary N) is 1. The minimum Gasteiger partial charge on any atom is -0.397 e. The Balaban J connectivity index is 2.24. The lowest BCUT2D eigenvalue weighted by Crippen LogP contribution is -2.18. The van der Waals surface area contributed by atoms with Crippen LogP contribution in [0.4, 0.5) is 11.4 Å². The van der Waals surface area contributed by atoms with E-state index in [1.807, 2.05) is 13.8 Å². The number of hydrogen-bond acceptors (Lipinski definition) is 4. The van der Waals surface area contributed by atoms with Crippen molar-refractivity contribution in [2.24, 2.45) is 0 Å². The second-order valence-corrected chi connectivity index (χ2v) is 5.16. The van der Waals surface area contributed by atoms with Gasteiger partial charge in [0.15, 0.2) is 0 Å². The van der Waals surface area contributed by atoms with Gasteiger partial charge in [0.05, 0.1) is 24.1 Å². The average Bonchev–Trinajstić information content (AvgIpc) is 2.45. The van der Waals surface area contributed by atoms with E-state index in [9.17, 15) is 4.79 Å². The van der Waals surface area contributed by atoms with E-state index in [1.165, 1.54) is 0 Å². The van der Waals surface area contributed by atoms with Gasteiger partial charge in [-0.25, -0.2) is 0 Å². The Hall–Kier alpha value is -1.30. The van der Waals surface area contributed by atoms with E-state index in [2.05, 4.69) is 5.32 Å². The van der Waals surface area contributed by atoms with Crippen LogP contribution in [-0.4, -0.2) is 31.8 Å².